The van der Waals surface area contributed by atoms with Crippen LogP contribution in [0.4, 0.5) is 5.69 Å². The predicted octanol–water partition coefficient (Wildman–Crippen LogP) is 5.66. The van der Waals surface area contributed by atoms with Gasteiger partial charge in [0, 0.05) is 16.7 Å². The number of nitro groups is 1. The fraction of sp³-hybridized carbons (Fsp3) is 0.115. The lowest BCUT2D eigenvalue weighted by molar-refractivity contribution is -0.385. The lowest BCUT2D eigenvalue weighted by atomic mass is 10.2. The first-order chi connectivity index (χ1) is 17.9. The van der Waals surface area contributed by atoms with E-state index in [1.165, 1.54) is 18.3 Å². The second kappa shape index (κ2) is 9.75. The lowest BCUT2D eigenvalue weighted by Crippen LogP contribution is -2.20. The Morgan fingerprint density at radius 3 is 2.73 bits per heavy atom. The molecule has 0 aliphatic rings. The predicted molar refractivity (Wildman–Crippen MR) is 140 cm³/mol. The first-order valence-corrected chi connectivity index (χ1v) is 11.5. The smallest absolute Gasteiger partial charge is 0.313 e. The molecule has 0 saturated heterocycles. The van der Waals surface area contributed by atoms with Crippen LogP contribution in [0.5, 0.6) is 11.5 Å². The van der Waals surface area contributed by atoms with Crippen LogP contribution in [0.15, 0.2) is 75.0 Å². The molecule has 0 radical (unpaired) electrons. The number of aromatic nitrogens is 2. The van der Waals surface area contributed by atoms with Gasteiger partial charge in [0.05, 0.1) is 41.1 Å². The molecule has 0 amide bonds. The Morgan fingerprint density at radius 1 is 1.16 bits per heavy atom. The summed E-state index contributed by atoms with van der Waals surface area (Å²) in [6.07, 6.45) is 1.27. The zero-order chi connectivity index (χ0) is 26.1. The topological polar surface area (TPSA) is 122 Å². The Morgan fingerprint density at radius 2 is 1.97 bits per heavy atom. The van der Waals surface area contributed by atoms with Crippen LogP contribution in [-0.2, 0) is 0 Å². The maximum Gasteiger partial charge on any atom is 0.313 e. The molecule has 5 rings (SSSR count). The molecular formula is C26H19ClN4O6. The standard InChI is InChI=1S/C26H19ClN4O6/c1-3-36-24-15(11-16(27)12-20(24)31(33)34)14-28-30-25(29-19-8-5-4-7-17(19)26(30)32)23-13-18-21(35-2)9-6-10-22(18)37-23/h4-14H,3H2,1-2H3. The summed E-state index contributed by atoms with van der Waals surface area (Å²) in [6, 6.07) is 16.6. The Hall–Kier alpha value is -4.70. The molecule has 0 aliphatic carbocycles. The van der Waals surface area contributed by atoms with E-state index in [1.54, 1.807) is 62.6 Å². The van der Waals surface area contributed by atoms with Crippen LogP contribution >= 0.6 is 11.6 Å². The van der Waals surface area contributed by atoms with E-state index < -0.39 is 10.5 Å². The summed E-state index contributed by atoms with van der Waals surface area (Å²) in [5, 5.41) is 17.1. The number of fused-ring (bicyclic) bond motifs is 2. The number of methoxy groups -OCH3 is 1. The van der Waals surface area contributed by atoms with Gasteiger partial charge in [-0.3, -0.25) is 14.9 Å². The van der Waals surface area contributed by atoms with Gasteiger partial charge in [-0.1, -0.05) is 29.8 Å². The van der Waals surface area contributed by atoms with E-state index >= 15 is 0 Å². The third-order valence-electron chi connectivity index (χ3n) is 5.58. The molecule has 0 saturated carbocycles. The highest BCUT2D eigenvalue weighted by molar-refractivity contribution is 6.31. The molecule has 0 aliphatic heterocycles. The zero-order valence-corrected chi connectivity index (χ0v) is 20.4. The summed E-state index contributed by atoms with van der Waals surface area (Å²) in [4.78, 5) is 29.1. The molecule has 5 aromatic rings. The Kier molecular flexibility index (Phi) is 6.33. The SMILES string of the molecule is CCOc1c(C=Nn2c(-c3cc4c(OC)cccc4o3)nc3ccccc3c2=O)cc(Cl)cc1[N+](=O)[O-]. The van der Waals surface area contributed by atoms with Crippen molar-refractivity contribution in [1.82, 2.24) is 9.66 Å². The van der Waals surface area contributed by atoms with Crippen LogP contribution in [0.1, 0.15) is 12.5 Å². The molecule has 3 aromatic carbocycles. The fourth-order valence-electron chi connectivity index (χ4n) is 3.97. The number of halogens is 1. The molecule has 11 heteroatoms. The number of nitrogens with zero attached hydrogens (tertiary/aromatic N) is 4. The quantitative estimate of drug-likeness (QED) is 0.155. The van der Waals surface area contributed by atoms with E-state index in [0.717, 1.165) is 4.68 Å². The van der Waals surface area contributed by atoms with Crippen LogP contribution in [0.2, 0.25) is 5.02 Å². The molecule has 2 aromatic heterocycles. The summed E-state index contributed by atoms with van der Waals surface area (Å²) in [7, 11) is 1.55. The van der Waals surface area contributed by atoms with Crippen molar-refractivity contribution in [1.29, 1.82) is 0 Å². The average Bonchev–Trinajstić information content (AvgIpc) is 3.33. The minimum Gasteiger partial charge on any atom is -0.496 e. The Balaban J connectivity index is 1.75. The summed E-state index contributed by atoms with van der Waals surface area (Å²) >= 11 is 6.13. The van der Waals surface area contributed by atoms with Crippen molar-refractivity contribution in [2.75, 3.05) is 13.7 Å². The van der Waals surface area contributed by atoms with Gasteiger partial charge in [0.1, 0.15) is 11.3 Å². The van der Waals surface area contributed by atoms with Gasteiger partial charge in [-0.05, 0) is 43.3 Å². The van der Waals surface area contributed by atoms with Gasteiger partial charge in [0.15, 0.2) is 5.76 Å². The first-order valence-electron chi connectivity index (χ1n) is 11.1. The number of ether oxygens (including phenoxy) is 2. The second-order valence-corrected chi connectivity index (χ2v) is 8.27. The summed E-state index contributed by atoms with van der Waals surface area (Å²) in [6.45, 7) is 1.87. The van der Waals surface area contributed by atoms with Crippen molar-refractivity contribution in [3.63, 3.8) is 0 Å². The van der Waals surface area contributed by atoms with Gasteiger partial charge in [-0.15, -0.1) is 0 Å². The molecular weight excluding hydrogens is 500 g/mol. The number of benzene rings is 3. The van der Waals surface area contributed by atoms with Crippen LogP contribution in [0.3, 0.4) is 0 Å². The molecule has 2 heterocycles. The second-order valence-electron chi connectivity index (χ2n) is 7.83. The molecule has 0 unspecified atom stereocenters. The highest BCUT2D eigenvalue weighted by Gasteiger charge is 2.21. The third-order valence-corrected chi connectivity index (χ3v) is 5.79. The van der Waals surface area contributed by atoms with Crippen LogP contribution in [0, 0.1) is 10.1 Å². The number of hydrogen-bond donors (Lipinski definition) is 0. The molecule has 0 bridgehead atoms. The summed E-state index contributed by atoms with van der Waals surface area (Å²) in [5.41, 5.74) is 0.438. The number of para-hydroxylation sites is 1. The van der Waals surface area contributed by atoms with Crippen LogP contribution < -0.4 is 15.0 Å². The van der Waals surface area contributed by atoms with Crippen LogP contribution in [-0.4, -0.2) is 34.5 Å². The average molecular weight is 519 g/mol. The Labute approximate surface area is 214 Å². The van der Waals surface area contributed by atoms with Crippen molar-refractivity contribution in [3.05, 3.63) is 91.7 Å². The van der Waals surface area contributed by atoms with Crippen molar-refractivity contribution >= 4 is 45.4 Å². The van der Waals surface area contributed by atoms with Gasteiger partial charge in [-0.25, -0.2) is 4.98 Å². The van der Waals surface area contributed by atoms with E-state index in [-0.39, 0.29) is 40.2 Å². The van der Waals surface area contributed by atoms with E-state index in [0.29, 0.717) is 27.6 Å². The first kappa shape index (κ1) is 24.0. The number of nitro benzene ring substituents is 1. The fourth-order valence-corrected chi connectivity index (χ4v) is 4.19. The highest BCUT2D eigenvalue weighted by Crippen LogP contribution is 2.35. The number of rotatable bonds is 7. The van der Waals surface area contributed by atoms with Crippen molar-refractivity contribution in [2.24, 2.45) is 5.10 Å². The molecule has 0 N–H and O–H groups in total. The van der Waals surface area contributed by atoms with Gasteiger partial charge in [0.25, 0.3) is 5.56 Å². The number of furan rings is 1. The number of hydrogen-bond acceptors (Lipinski definition) is 8. The van der Waals surface area contributed by atoms with E-state index in [4.69, 9.17) is 25.5 Å². The summed E-state index contributed by atoms with van der Waals surface area (Å²) < 4.78 is 18.0. The zero-order valence-electron chi connectivity index (χ0n) is 19.7. The van der Waals surface area contributed by atoms with Gasteiger partial charge >= 0.3 is 5.69 Å². The van der Waals surface area contributed by atoms with Gasteiger partial charge in [0.2, 0.25) is 11.6 Å². The molecule has 186 valence electrons. The summed E-state index contributed by atoms with van der Waals surface area (Å²) in [5.74, 6) is 0.991. The van der Waals surface area contributed by atoms with Gasteiger partial charge < -0.3 is 13.9 Å². The molecule has 0 atom stereocenters. The monoisotopic (exact) mass is 518 g/mol. The molecule has 10 nitrogen and oxygen atoms in total. The van der Waals surface area contributed by atoms with Gasteiger partial charge in [-0.2, -0.15) is 9.78 Å². The van der Waals surface area contributed by atoms with Crippen LogP contribution in [0.25, 0.3) is 33.5 Å². The molecule has 0 fully saturated rings. The molecule has 0 spiro atoms. The lowest BCUT2D eigenvalue weighted by Gasteiger charge is -2.10. The van der Waals surface area contributed by atoms with E-state index in [1.807, 2.05) is 0 Å². The minimum atomic E-state index is -0.592. The Bertz CT molecular complexity index is 1760. The maximum atomic E-state index is 13.5. The largest absolute Gasteiger partial charge is 0.496 e. The molecule has 37 heavy (non-hydrogen) atoms. The van der Waals surface area contributed by atoms with E-state index in [2.05, 4.69) is 10.1 Å². The van der Waals surface area contributed by atoms with Crippen molar-refractivity contribution < 1.29 is 18.8 Å². The maximum absolute atomic E-state index is 13.5. The van der Waals surface area contributed by atoms with Crippen molar-refractivity contribution in [3.8, 4) is 23.1 Å². The van der Waals surface area contributed by atoms with E-state index in [9.17, 15) is 14.9 Å². The normalized spacial score (nSPS) is 11.4. The van der Waals surface area contributed by atoms with Crippen molar-refractivity contribution in [2.45, 2.75) is 6.92 Å². The highest BCUT2D eigenvalue weighted by atomic mass is 35.5. The minimum absolute atomic E-state index is 0.0162. The third kappa shape index (κ3) is 4.38.